The van der Waals surface area contributed by atoms with Crippen LogP contribution in [0.1, 0.15) is 190 Å². The molecule has 0 unspecified atom stereocenters. The number of alkyl halides is 6. The van der Waals surface area contributed by atoms with Gasteiger partial charge in [0, 0.05) is 0 Å². The third kappa shape index (κ3) is 15.3. The molecular formula is C57H70Cl2F6Zr-2. The normalized spacial score (nSPS) is 13.0. The van der Waals surface area contributed by atoms with E-state index in [4.69, 9.17) is 0 Å². The molecule has 9 heteroatoms. The Balaban J connectivity index is 0.000000359. The van der Waals surface area contributed by atoms with Crippen LogP contribution in [0, 0.1) is 6.07 Å². The van der Waals surface area contributed by atoms with Crippen molar-refractivity contribution in [3.05, 3.63) is 158 Å². The number of benzene rings is 4. The molecule has 0 heterocycles. The zero-order chi connectivity index (χ0) is 48.6. The first-order chi connectivity index (χ1) is 29.0. The van der Waals surface area contributed by atoms with Crippen LogP contribution < -0.4 is 24.8 Å². The van der Waals surface area contributed by atoms with Crippen LogP contribution in [-0.2, 0) is 76.5 Å². The summed E-state index contributed by atoms with van der Waals surface area (Å²) in [5.41, 5.74) is 14.8. The Bertz CT molecular complexity index is 2240. The first-order valence-corrected chi connectivity index (χ1v) is 23.7. The molecule has 0 saturated carbocycles. The zero-order valence-electron chi connectivity index (χ0n) is 41.9. The number of unbranched alkanes of at least 4 members (excludes halogenated alkanes) is 1. The summed E-state index contributed by atoms with van der Waals surface area (Å²) in [5.74, 6) is 0. The topological polar surface area (TPSA) is 0 Å². The minimum atomic E-state index is -4.41. The standard InChI is InChI=1S/C29H41.C15H8F6.C13H21.2ClH.Zr/c1-26(2,3)22-14-18-13-19-15-23(27(4,5)6)25(29(10,11)12)17-21(19)20(18)16-24(22)28(7,8)9;16-14(17,18)12-5-1-10(2-6-12)9-11-3-7-13(8-4-11)15(19,20)21;1-5-6-7-11-8-9-12(10-11)13(2,3)4;;;/h14,16-17H,13H2,1-12H3;1-8H;8-10H,5-7H2,1-4H3;2*1H;/q-1;;-1;;;+2/p-2. The van der Waals surface area contributed by atoms with Gasteiger partial charge in [-0.3, -0.25) is 0 Å². The first-order valence-electron chi connectivity index (χ1n) is 22.5. The number of rotatable bonds is 5. The Morgan fingerprint density at radius 3 is 1.33 bits per heavy atom. The smallest absolute Gasteiger partial charge is 1.00 e. The van der Waals surface area contributed by atoms with Crippen LogP contribution in [0.25, 0.3) is 11.1 Å². The van der Waals surface area contributed by atoms with Gasteiger partial charge in [0.15, 0.2) is 0 Å². The van der Waals surface area contributed by atoms with E-state index >= 15 is 0 Å². The fourth-order valence-corrected chi connectivity index (χ4v) is 8.76. The molecule has 0 saturated heterocycles. The van der Waals surface area contributed by atoms with Gasteiger partial charge in [0.1, 0.15) is 0 Å². The number of hydrogen-bond donors (Lipinski definition) is 0. The van der Waals surface area contributed by atoms with E-state index < -0.39 is 23.5 Å². The average molecular weight is 1030 g/mol. The van der Waals surface area contributed by atoms with Gasteiger partial charge in [-0.2, -0.15) is 41.0 Å². The minimum Gasteiger partial charge on any atom is -1.00 e. The minimum absolute atomic E-state index is 0. The van der Waals surface area contributed by atoms with Crippen molar-refractivity contribution in [2.24, 2.45) is 0 Å². The van der Waals surface area contributed by atoms with Gasteiger partial charge in [-0.15, -0.1) is 16.7 Å². The number of halogens is 8. The van der Waals surface area contributed by atoms with Gasteiger partial charge in [-0.1, -0.05) is 159 Å². The second-order valence-electron chi connectivity index (χ2n) is 22.6. The van der Waals surface area contributed by atoms with E-state index in [1.54, 1.807) is 0 Å². The Labute approximate surface area is 420 Å². The fourth-order valence-electron chi connectivity index (χ4n) is 7.94. The molecule has 0 nitrogen and oxygen atoms in total. The maximum Gasteiger partial charge on any atom is -1.00 e. The Hall–Kier alpha value is -2.86. The molecule has 0 aromatic heterocycles. The number of aryl methyl sites for hydroxylation is 1. The molecule has 0 fully saturated rings. The van der Waals surface area contributed by atoms with Crippen molar-refractivity contribution in [3.8, 4) is 11.1 Å². The molecule has 0 N–H and O–H groups in total. The molecule has 0 spiro atoms. The SMILES string of the molecule is CC(C)(C)c1[c-]c2c(cc1C(C)(C)C)-c1cc(C(C)(C)C)c(C(C)(C)C)cc1C2.CCCCc1cc(C(C)(C)C)c[cH-]1.FC(F)(F)c1ccc([C](=[Zr+2])c2ccc(C(F)(F)F)cc2)cc1.[Cl-].[Cl-]. The quantitative estimate of drug-likeness (QED) is 0.119. The Kier molecular flexibility index (Phi) is 19.6. The zero-order valence-corrected chi connectivity index (χ0v) is 45.9. The fraction of sp³-hybridized carbons (Fsp3) is 0.474. The Morgan fingerprint density at radius 1 is 0.545 bits per heavy atom. The van der Waals surface area contributed by atoms with Crippen LogP contribution in [0.4, 0.5) is 26.3 Å². The van der Waals surface area contributed by atoms with Crippen LogP contribution in [0.15, 0.2) is 84.9 Å². The van der Waals surface area contributed by atoms with E-state index in [0.29, 0.717) is 19.7 Å². The first kappa shape index (κ1) is 59.3. The molecule has 0 bridgehead atoms. The summed E-state index contributed by atoms with van der Waals surface area (Å²) in [4.78, 5) is 0. The third-order valence-electron chi connectivity index (χ3n) is 11.7. The van der Waals surface area contributed by atoms with Crippen molar-refractivity contribution in [3.63, 3.8) is 0 Å². The number of fused-ring (bicyclic) bond motifs is 3. The van der Waals surface area contributed by atoms with Gasteiger partial charge < -0.3 is 24.8 Å². The van der Waals surface area contributed by atoms with Crippen LogP contribution in [0.3, 0.4) is 0 Å². The molecule has 66 heavy (non-hydrogen) atoms. The van der Waals surface area contributed by atoms with Crippen molar-refractivity contribution < 1.29 is 75.4 Å². The molecular weight excluding hydrogens is 961 g/mol. The summed E-state index contributed by atoms with van der Waals surface area (Å²) in [5, 5.41) is 0. The van der Waals surface area contributed by atoms with E-state index in [0.717, 1.165) is 54.9 Å². The van der Waals surface area contributed by atoms with Crippen molar-refractivity contribution in [2.45, 2.75) is 176 Å². The predicted octanol–water partition coefficient (Wildman–Crippen LogP) is 11.1. The second kappa shape index (κ2) is 21.8. The Morgan fingerprint density at radius 2 is 0.970 bits per heavy atom. The van der Waals surface area contributed by atoms with Crippen molar-refractivity contribution in [1.82, 2.24) is 0 Å². The van der Waals surface area contributed by atoms with Crippen LogP contribution in [0.2, 0.25) is 0 Å². The van der Waals surface area contributed by atoms with Gasteiger partial charge in [-0.25, -0.2) is 6.07 Å². The molecule has 0 amide bonds. The van der Waals surface area contributed by atoms with Gasteiger partial charge in [0.05, 0.1) is 0 Å². The van der Waals surface area contributed by atoms with E-state index in [2.05, 4.69) is 153 Å². The van der Waals surface area contributed by atoms with E-state index in [-0.39, 0.29) is 46.5 Å². The maximum atomic E-state index is 12.5. The number of hydrogen-bond acceptors (Lipinski definition) is 0. The molecule has 5 aromatic rings. The van der Waals surface area contributed by atoms with Crippen molar-refractivity contribution in [2.75, 3.05) is 0 Å². The van der Waals surface area contributed by atoms with Crippen LogP contribution >= 0.6 is 0 Å². The van der Waals surface area contributed by atoms with Crippen LogP contribution in [0.5, 0.6) is 0 Å². The molecule has 1 aliphatic carbocycles. The van der Waals surface area contributed by atoms with Gasteiger partial charge in [0.25, 0.3) is 0 Å². The third-order valence-corrected chi connectivity index (χ3v) is 13.2. The van der Waals surface area contributed by atoms with Gasteiger partial charge >= 0.3 is 137 Å². The van der Waals surface area contributed by atoms with Crippen molar-refractivity contribution >= 4 is 3.21 Å². The van der Waals surface area contributed by atoms with Gasteiger partial charge in [0.2, 0.25) is 0 Å². The van der Waals surface area contributed by atoms with Crippen LogP contribution in [-0.4, -0.2) is 3.21 Å². The second-order valence-corrected chi connectivity index (χ2v) is 23.8. The monoisotopic (exact) mass is 1030 g/mol. The van der Waals surface area contributed by atoms with Gasteiger partial charge in [-0.05, 0) is 39.4 Å². The molecule has 360 valence electrons. The summed E-state index contributed by atoms with van der Waals surface area (Å²) >= 11 is 0.898. The molecule has 0 radical (unpaired) electrons. The van der Waals surface area contributed by atoms with E-state index in [1.165, 1.54) is 99.2 Å². The summed E-state index contributed by atoms with van der Waals surface area (Å²) in [6.45, 7) is 37.0. The molecule has 5 aromatic carbocycles. The summed E-state index contributed by atoms with van der Waals surface area (Å²) in [6, 6.07) is 27.4. The predicted molar refractivity (Wildman–Crippen MR) is 254 cm³/mol. The molecule has 1 aliphatic rings. The summed E-state index contributed by atoms with van der Waals surface area (Å²) in [7, 11) is 0. The maximum absolute atomic E-state index is 12.5. The van der Waals surface area contributed by atoms with E-state index in [9.17, 15) is 26.3 Å². The largest absolute Gasteiger partial charge is 1.00 e. The van der Waals surface area contributed by atoms with E-state index in [1.807, 2.05) is 0 Å². The molecule has 0 aliphatic heterocycles. The molecule has 0 atom stereocenters. The summed E-state index contributed by atoms with van der Waals surface area (Å²) < 4.78 is 75.6. The summed E-state index contributed by atoms with van der Waals surface area (Å²) in [6.07, 6.45) is -3.97. The average Bonchev–Trinajstić information content (AvgIpc) is 3.79. The van der Waals surface area contributed by atoms with Crippen molar-refractivity contribution in [1.29, 1.82) is 0 Å². The molecule has 6 rings (SSSR count).